The van der Waals surface area contributed by atoms with E-state index in [1.54, 1.807) is 0 Å². The van der Waals surface area contributed by atoms with Gasteiger partial charge in [-0.05, 0) is 30.5 Å². The van der Waals surface area contributed by atoms with Crippen molar-refractivity contribution in [2.75, 3.05) is 0 Å². The molecule has 4 nitrogen and oxygen atoms in total. The Labute approximate surface area is 135 Å². The number of H-pyrrole nitrogens is 1. The summed E-state index contributed by atoms with van der Waals surface area (Å²) < 4.78 is 2.11. The Balaban J connectivity index is 2.67. The van der Waals surface area contributed by atoms with Crippen LogP contribution in [-0.2, 0) is 0 Å². The molecule has 1 unspecified atom stereocenters. The number of hydrogen-bond donors (Lipinski definition) is 1. The highest BCUT2D eigenvalue weighted by Gasteiger charge is 2.20. The molecule has 0 fully saturated rings. The first-order chi connectivity index (χ1) is 9.82. The predicted octanol–water partition coefficient (Wildman–Crippen LogP) is 3.69. The topological polar surface area (TPSA) is 54.9 Å². The van der Waals surface area contributed by atoms with Crippen molar-refractivity contribution in [2.45, 2.75) is 32.7 Å². The van der Waals surface area contributed by atoms with Crippen LogP contribution in [0.1, 0.15) is 43.9 Å². The van der Waals surface area contributed by atoms with E-state index >= 15 is 0 Å². The lowest BCUT2D eigenvalue weighted by Crippen LogP contribution is -2.40. The van der Waals surface area contributed by atoms with Crippen LogP contribution in [0.4, 0.5) is 0 Å². The molecule has 0 amide bonds. The van der Waals surface area contributed by atoms with Gasteiger partial charge >= 0.3 is 5.69 Å². The van der Waals surface area contributed by atoms with Gasteiger partial charge in [0.25, 0.3) is 5.56 Å². The summed E-state index contributed by atoms with van der Waals surface area (Å²) in [7, 11) is 0. The molecule has 2 aromatic rings. The second-order valence-electron chi connectivity index (χ2n) is 5.22. The monoisotopic (exact) mass is 370 g/mol. The quantitative estimate of drug-likeness (QED) is 0.837. The smallest absolute Gasteiger partial charge is 0.297 e. The first kappa shape index (κ1) is 16.0. The number of nitrogens with zero attached hydrogens (tertiary/aromatic N) is 1. The molecule has 1 heterocycles. The third-order valence-electron chi connectivity index (χ3n) is 3.42. The molecule has 0 bridgehead atoms. The maximum Gasteiger partial charge on any atom is 0.330 e. The van der Waals surface area contributed by atoms with Gasteiger partial charge in [0.05, 0.1) is 11.6 Å². The highest BCUT2D eigenvalue weighted by molar-refractivity contribution is 9.10. The van der Waals surface area contributed by atoms with Crippen LogP contribution in [-0.4, -0.2) is 9.55 Å². The van der Waals surface area contributed by atoms with Crippen molar-refractivity contribution >= 4 is 27.5 Å². The first-order valence-electron chi connectivity index (χ1n) is 6.62. The van der Waals surface area contributed by atoms with E-state index in [9.17, 15) is 9.59 Å². The van der Waals surface area contributed by atoms with E-state index in [4.69, 9.17) is 11.6 Å². The molecular formula is C15H16BrClN2O2. The zero-order valence-electron chi connectivity index (χ0n) is 12.0. The van der Waals surface area contributed by atoms with E-state index in [0.717, 1.165) is 10.0 Å². The average Bonchev–Trinajstić information content (AvgIpc) is 2.37. The van der Waals surface area contributed by atoms with Crippen LogP contribution >= 0.6 is 27.5 Å². The third kappa shape index (κ3) is 3.14. The second-order valence-corrected chi connectivity index (χ2v) is 6.51. The lowest BCUT2D eigenvalue weighted by atomic mass is 10.1. The zero-order valence-corrected chi connectivity index (χ0v) is 14.3. The highest BCUT2D eigenvalue weighted by Crippen LogP contribution is 2.21. The molecule has 1 aromatic heterocycles. The molecule has 112 valence electrons. The van der Waals surface area contributed by atoms with E-state index in [1.165, 1.54) is 4.57 Å². The number of aromatic amines is 1. The Kier molecular flexibility index (Phi) is 4.74. The molecular weight excluding hydrogens is 356 g/mol. The Bertz CT molecular complexity index is 780. The minimum Gasteiger partial charge on any atom is -0.297 e. The van der Waals surface area contributed by atoms with Crippen LogP contribution in [0.5, 0.6) is 0 Å². The molecule has 0 saturated carbocycles. The van der Waals surface area contributed by atoms with Crippen molar-refractivity contribution in [3.05, 3.63) is 65.9 Å². The normalized spacial score (nSPS) is 12.7. The van der Waals surface area contributed by atoms with Crippen molar-refractivity contribution in [1.29, 1.82) is 0 Å². The molecule has 0 saturated heterocycles. The van der Waals surface area contributed by atoms with Crippen LogP contribution in [0.2, 0.25) is 5.15 Å². The number of rotatable bonds is 3. The summed E-state index contributed by atoms with van der Waals surface area (Å²) in [5.41, 5.74) is 0.459. The Hall–Kier alpha value is -1.33. The number of aromatic nitrogens is 2. The Morgan fingerprint density at radius 2 is 1.90 bits per heavy atom. The van der Waals surface area contributed by atoms with Crippen LogP contribution in [0.15, 0.2) is 38.3 Å². The summed E-state index contributed by atoms with van der Waals surface area (Å²) >= 11 is 9.40. The maximum absolute atomic E-state index is 12.6. The summed E-state index contributed by atoms with van der Waals surface area (Å²) in [6, 6.07) is 7.15. The molecule has 1 N–H and O–H groups in total. The molecule has 2 rings (SSSR count). The van der Waals surface area contributed by atoms with Gasteiger partial charge in [-0.3, -0.25) is 14.3 Å². The Morgan fingerprint density at radius 1 is 1.24 bits per heavy atom. The van der Waals surface area contributed by atoms with E-state index in [0.29, 0.717) is 5.56 Å². The zero-order chi connectivity index (χ0) is 15.7. The summed E-state index contributed by atoms with van der Waals surface area (Å²) in [6.45, 7) is 5.56. The van der Waals surface area contributed by atoms with E-state index in [-0.39, 0.29) is 22.7 Å². The van der Waals surface area contributed by atoms with Crippen LogP contribution in [0.3, 0.4) is 0 Å². The summed E-state index contributed by atoms with van der Waals surface area (Å²) in [4.78, 5) is 27.3. The summed E-state index contributed by atoms with van der Waals surface area (Å²) in [5, 5.41) is 0.123. The first-order valence-corrected chi connectivity index (χ1v) is 7.79. The lowest BCUT2D eigenvalue weighted by molar-refractivity contribution is 0.566. The SMILES string of the molecule is CC(C)c1c(Cl)[nH]c(=O)n(C(C)c2cccc(Br)c2)c1=O. The lowest BCUT2D eigenvalue weighted by Gasteiger charge is -2.17. The van der Waals surface area contributed by atoms with Crippen LogP contribution in [0, 0.1) is 0 Å². The number of hydrogen-bond acceptors (Lipinski definition) is 2. The van der Waals surface area contributed by atoms with Gasteiger partial charge in [0.15, 0.2) is 0 Å². The minimum absolute atomic E-state index is 0.0668. The summed E-state index contributed by atoms with van der Waals surface area (Å²) in [6.07, 6.45) is 0. The van der Waals surface area contributed by atoms with Gasteiger partial charge in [0.2, 0.25) is 0 Å². The van der Waals surface area contributed by atoms with Gasteiger partial charge in [0.1, 0.15) is 5.15 Å². The third-order valence-corrected chi connectivity index (χ3v) is 4.21. The molecule has 1 aromatic carbocycles. The van der Waals surface area contributed by atoms with Crippen LogP contribution < -0.4 is 11.2 Å². The van der Waals surface area contributed by atoms with Gasteiger partial charge < -0.3 is 0 Å². The van der Waals surface area contributed by atoms with Gasteiger partial charge in [0, 0.05) is 4.47 Å². The molecule has 1 atom stereocenters. The molecule has 21 heavy (non-hydrogen) atoms. The molecule has 0 radical (unpaired) electrons. The van der Waals surface area contributed by atoms with Crippen molar-refractivity contribution in [1.82, 2.24) is 9.55 Å². The van der Waals surface area contributed by atoms with E-state index in [2.05, 4.69) is 20.9 Å². The van der Waals surface area contributed by atoms with E-state index in [1.807, 2.05) is 45.0 Å². The van der Waals surface area contributed by atoms with Crippen LogP contribution in [0.25, 0.3) is 0 Å². The van der Waals surface area contributed by atoms with Gasteiger partial charge in [-0.15, -0.1) is 0 Å². The molecule has 0 aliphatic heterocycles. The number of nitrogens with one attached hydrogen (secondary N) is 1. The predicted molar refractivity (Wildman–Crippen MR) is 88.4 cm³/mol. The maximum atomic E-state index is 12.6. The fourth-order valence-electron chi connectivity index (χ4n) is 2.31. The van der Waals surface area contributed by atoms with Crippen molar-refractivity contribution in [3.63, 3.8) is 0 Å². The van der Waals surface area contributed by atoms with Gasteiger partial charge in [-0.2, -0.15) is 0 Å². The minimum atomic E-state index is -0.498. The fourth-order valence-corrected chi connectivity index (χ4v) is 3.10. The number of benzene rings is 1. The second kappa shape index (κ2) is 6.20. The largest absolute Gasteiger partial charge is 0.330 e. The molecule has 0 aliphatic rings. The van der Waals surface area contributed by atoms with Gasteiger partial charge in [-0.25, -0.2) is 4.79 Å². The fraction of sp³-hybridized carbons (Fsp3) is 0.333. The van der Waals surface area contributed by atoms with Crippen molar-refractivity contribution in [2.24, 2.45) is 0 Å². The van der Waals surface area contributed by atoms with Gasteiger partial charge in [-0.1, -0.05) is 53.5 Å². The molecule has 0 spiro atoms. The highest BCUT2D eigenvalue weighted by atomic mass is 79.9. The molecule has 6 heteroatoms. The standard InChI is InChI=1S/C15H16BrClN2O2/c1-8(2)12-13(17)18-15(21)19(14(12)20)9(3)10-5-4-6-11(16)7-10/h4-9H,1-3H3,(H,18,21). The van der Waals surface area contributed by atoms with E-state index < -0.39 is 5.69 Å². The van der Waals surface area contributed by atoms with Crippen molar-refractivity contribution in [3.8, 4) is 0 Å². The molecule has 0 aliphatic carbocycles. The average molecular weight is 372 g/mol. The van der Waals surface area contributed by atoms with Crippen molar-refractivity contribution < 1.29 is 0 Å². The Morgan fingerprint density at radius 3 is 2.48 bits per heavy atom. The number of halogens is 2. The summed E-state index contributed by atoms with van der Waals surface area (Å²) in [5.74, 6) is -0.0668.